The second-order valence-corrected chi connectivity index (χ2v) is 12.6. The molecule has 2 aliphatic heterocycles. The monoisotopic (exact) mass is 674 g/mol. The van der Waals surface area contributed by atoms with Crippen LogP contribution in [0.5, 0.6) is 0 Å². The minimum Gasteiger partial charge on any atom is -0.463 e. The lowest BCUT2D eigenvalue weighted by atomic mass is 9.50. The Morgan fingerprint density at radius 1 is 1.07 bits per heavy atom. The Labute approximate surface area is 268 Å². The van der Waals surface area contributed by atoms with Crippen LogP contribution in [0.25, 0.3) is 0 Å². The highest BCUT2D eigenvalue weighted by Crippen LogP contribution is 2.64. The fraction of sp³-hybridized carbons (Fsp3) is 0.323. The molecular formula is C31H23Cl2F3N4O6. The van der Waals surface area contributed by atoms with E-state index in [9.17, 15) is 37.5 Å². The lowest BCUT2D eigenvalue weighted by Crippen LogP contribution is -2.53. The van der Waals surface area contributed by atoms with Gasteiger partial charge in [0.05, 0.1) is 34.3 Å². The second-order valence-electron chi connectivity index (χ2n) is 11.7. The molecule has 0 unspecified atom stereocenters. The maximum absolute atomic E-state index is 14.9. The number of hydrogen-bond acceptors (Lipinski definition) is 8. The lowest BCUT2D eigenvalue weighted by molar-refractivity contribution is -0.139. The van der Waals surface area contributed by atoms with Crippen molar-refractivity contribution in [3.05, 3.63) is 93.0 Å². The van der Waals surface area contributed by atoms with Crippen LogP contribution in [0, 0.1) is 23.7 Å². The van der Waals surface area contributed by atoms with Crippen LogP contribution in [0.2, 0.25) is 10.0 Å². The van der Waals surface area contributed by atoms with Crippen molar-refractivity contribution in [2.75, 3.05) is 5.43 Å². The molecule has 238 valence electrons. The summed E-state index contributed by atoms with van der Waals surface area (Å²) >= 11 is 12.4. The van der Waals surface area contributed by atoms with Gasteiger partial charge in [0.15, 0.2) is 5.82 Å². The van der Waals surface area contributed by atoms with E-state index in [1.54, 1.807) is 30.3 Å². The normalized spacial score (nSPS) is 28.9. The predicted molar refractivity (Wildman–Crippen MR) is 155 cm³/mol. The zero-order valence-corrected chi connectivity index (χ0v) is 25.0. The van der Waals surface area contributed by atoms with E-state index in [0.29, 0.717) is 33.4 Å². The SMILES string of the molecule is O=C1NC(=O)[C@H]2CC=C3[C@@H](C[C@H]4C(=O)N(Nc5ncc(C(F)(F)F)cc5Cl)C(=O)[C@@]4(c4ccc(Cl)cc4)[C@H]3c3ccc(CO)o3)[C@@H]12. The number of furan rings is 1. The maximum Gasteiger partial charge on any atom is 0.417 e. The van der Waals surface area contributed by atoms with E-state index in [0.717, 1.165) is 0 Å². The number of aliphatic hydroxyl groups excluding tert-OH is 1. The van der Waals surface area contributed by atoms with Crippen molar-refractivity contribution in [2.45, 2.75) is 37.0 Å². The number of imide groups is 2. The summed E-state index contributed by atoms with van der Waals surface area (Å²) in [5, 5.41) is 12.8. The number of alkyl halides is 3. The van der Waals surface area contributed by atoms with Gasteiger partial charge in [-0.05, 0) is 54.7 Å². The first-order valence-corrected chi connectivity index (χ1v) is 15.0. The van der Waals surface area contributed by atoms with E-state index in [1.165, 1.54) is 6.07 Å². The van der Waals surface area contributed by atoms with Crippen LogP contribution in [0.3, 0.4) is 0 Å². The Balaban J connectivity index is 1.42. The average Bonchev–Trinajstić information content (AvgIpc) is 3.67. The van der Waals surface area contributed by atoms with Gasteiger partial charge in [0, 0.05) is 11.2 Å². The standard InChI is InChI=1S/C31H23Cl2F3N4O6/c32-15-3-1-13(2-4-15)30-20(28(44)40(29(30)45)39-25-21(33)9-14(11-37-25)31(34,35)36)10-19-17(24(30)22-8-5-16(12-41)46-22)6-7-18-23(19)27(43)38-26(18)42/h1-6,8-9,11,18-20,23-24,41H,7,10,12H2,(H,37,39)(H,38,42,43)/t18-,19+,20-,23-,24+,30+/m0/s1. The summed E-state index contributed by atoms with van der Waals surface area (Å²) < 4.78 is 45.9. The molecule has 0 bridgehead atoms. The van der Waals surface area contributed by atoms with Gasteiger partial charge in [0.25, 0.3) is 11.8 Å². The van der Waals surface area contributed by atoms with E-state index in [4.69, 9.17) is 27.6 Å². The quantitative estimate of drug-likeness (QED) is 0.260. The largest absolute Gasteiger partial charge is 0.463 e. The first kappa shape index (κ1) is 30.5. The summed E-state index contributed by atoms with van der Waals surface area (Å²) in [5.74, 6) is -6.63. The Kier molecular flexibility index (Phi) is 7.07. The number of pyridine rings is 1. The molecule has 2 aromatic heterocycles. The van der Waals surface area contributed by atoms with E-state index in [1.807, 2.05) is 6.08 Å². The number of hydrazine groups is 1. The van der Waals surface area contributed by atoms with Gasteiger partial charge < -0.3 is 9.52 Å². The Bertz CT molecular complexity index is 1840. The summed E-state index contributed by atoms with van der Waals surface area (Å²) in [6, 6.07) is 10.1. The van der Waals surface area contributed by atoms with Gasteiger partial charge in [0.2, 0.25) is 11.8 Å². The number of carbonyl (C=O) groups is 4. The number of aliphatic hydroxyl groups is 1. The molecule has 1 saturated carbocycles. The third-order valence-electron chi connectivity index (χ3n) is 9.52. The molecule has 0 spiro atoms. The molecule has 1 aromatic carbocycles. The summed E-state index contributed by atoms with van der Waals surface area (Å²) in [5.41, 5.74) is 0.716. The van der Waals surface area contributed by atoms with Gasteiger partial charge in [0.1, 0.15) is 23.5 Å². The van der Waals surface area contributed by atoms with Crippen LogP contribution in [0.4, 0.5) is 19.0 Å². The molecule has 4 heterocycles. The Morgan fingerprint density at radius 3 is 2.46 bits per heavy atom. The zero-order chi connectivity index (χ0) is 32.7. The number of allylic oxidation sites excluding steroid dienone is 2. The molecule has 4 aliphatic rings. The van der Waals surface area contributed by atoms with Gasteiger partial charge in [-0.15, -0.1) is 0 Å². The number of fused-ring (bicyclic) bond motifs is 4. The molecule has 3 N–H and O–H groups in total. The summed E-state index contributed by atoms with van der Waals surface area (Å²) in [4.78, 5) is 58.8. The minimum absolute atomic E-state index is 0.0165. The number of nitrogens with zero attached hydrogens (tertiary/aromatic N) is 2. The van der Waals surface area contributed by atoms with Gasteiger partial charge in [-0.1, -0.05) is 47.0 Å². The van der Waals surface area contributed by atoms with Crippen LogP contribution in [0.15, 0.2) is 64.7 Å². The molecule has 3 aromatic rings. The molecule has 46 heavy (non-hydrogen) atoms. The smallest absolute Gasteiger partial charge is 0.417 e. The summed E-state index contributed by atoms with van der Waals surface area (Å²) in [6.45, 7) is -0.452. The molecule has 2 saturated heterocycles. The summed E-state index contributed by atoms with van der Waals surface area (Å²) in [6.07, 6.45) is -2.21. The van der Waals surface area contributed by atoms with Crippen molar-refractivity contribution in [1.29, 1.82) is 0 Å². The average molecular weight is 675 g/mol. The van der Waals surface area contributed by atoms with Crippen LogP contribution < -0.4 is 10.7 Å². The zero-order valence-electron chi connectivity index (χ0n) is 23.5. The number of amides is 4. The highest BCUT2D eigenvalue weighted by atomic mass is 35.5. The first-order valence-electron chi connectivity index (χ1n) is 14.2. The molecular weight excluding hydrogens is 652 g/mol. The summed E-state index contributed by atoms with van der Waals surface area (Å²) in [7, 11) is 0. The third kappa shape index (κ3) is 4.39. The van der Waals surface area contributed by atoms with Gasteiger partial charge in [-0.3, -0.25) is 29.9 Å². The Hall–Kier alpha value is -4.20. The lowest BCUT2D eigenvalue weighted by Gasteiger charge is -2.49. The predicted octanol–water partition coefficient (Wildman–Crippen LogP) is 4.77. The molecule has 7 rings (SSSR count). The van der Waals surface area contributed by atoms with Crippen LogP contribution in [-0.2, 0) is 37.4 Å². The molecule has 4 amide bonds. The van der Waals surface area contributed by atoms with Crippen molar-refractivity contribution >= 4 is 52.6 Å². The van der Waals surface area contributed by atoms with Crippen LogP contribution in [0.1, 0.15) is 41.4 Å². The van der Waals surface area contributed by atoms with E-state index in [2.05, 4.69) is 15.7 Å². The molecule has 2 aliphatic carbocycles. The van der Waals surface area contributed by atoms with Crippen molar-refractivity contribution < 1.29 is 41.9 Å². The fourth-order valence-electron chi connectivity index (χ4n) is 7.64. The van der Waals surface area contributed by atoms with Crippen LogP contribution in [-0.4, -0.2) is 38.7 Å². The molecule has 15 heteroatoms. The number of carbonyl (C=O) groups excluding carboxylic acids is 4. The van der Waals surface area contributed by atoms with Crippen molar-refractivity contribution in [2.24, 2.45) is 23.7 Å². The molecule has 3 fully saturated rings. The molecule has 6 atom stereocenters. The van der Waals surface area contributed by atoms with E-state index in [-0.39, 0.29) is 30.2 Å². The third-order valence-corrected chi connectivity index (χ3v) is 10.1. The number of benzene rings is 1. The number of rotatable bonds is 5. The number of nitrogens with one attached hydrogen (secondary N) is 2. The topological polar surface area (TPSA) is 142 Å². The number of aromatic nitrogens is 1. The Morgan fingerprint density at radius 2 is 1.80 bits per heavy atom. The molecule has 10 nitrogen and oxygen atoms in total. The number of halogens is 5. The van der Waals surface area contributed by atoms with Gasteiger partial charge >= 0.3 is 6.18 Å². The highest BCUT2D eigenvalue weighted by molar-refractivity contribution is 6.33. The van der Waals surface area contributed by atoms with Gasteiger partial charge in [-0.25, -0.2) is 4.98 Å². The number of anilines is 1. The van der Waals surface area contributed by atoms with Crippen molar-refractivity contribution in [3.63, 3.8) is 0 Å². The van der Waals surface area contributed by atoms with E-state index >= 15 is 0 Å². The van der Waals surface area contributed by atoms with Crippen LogP contribution >= 0.6 is 23.2 Å². The van der Waals surface area contributed by atoms with Crippen molar-refractivity contribution in [1.82, 2.24) is 15.3 Å². The second kappa shape index (κ2) is 10.7. The highest BCUT2D eigenvalue weighted by Gasteiger charge is 2.70. The molecule has 0 radical (unpaired) electrons. The first-order chi connectivity index (χ1) is 21.9. The fourth-order valence-corrected chi connectivity index (χ4v) is 7.97. The minimum atomic E-state index is -4.73. The maximum atomic E-state index is 14.9. The van der Waals surface area contributed by atoms with E-state index < -0.39 is 82.0 Å². The number of hydrogen-bond donors (Lipinski definition) is 3. The van der Waals surface area contributed by atoms with Crippen molar-refractivity contribution in [3.8, 4) is 0 Å². The van der Waals surface area contributed by atoms with Gasteiger partial charge in [-0.2, -0.15) is 18.2 Å².